The lowest BCUT2D eigenvalue weighted by atomic mass is 10.1. The van der Waals surface area contributed by atoms with Crippen molar-refractivity contribution < 1.29 is 4.79 Å². The maximum atomic E-state index is 11.6. The molecule has 0 aliphatic carbocycles. The number of hydrogen-bond acceptors (Lipinski definition) is 2. The van der Waals surface area contributed by atoms with Crippen molar-refractivity contribution in [1.82, 2.24) is 5.32 Å². The number of ketones is 1. The van der Waals surface area contributed by atoms with Crippen molar-refractivity contribution in [2.45, 2.75) is 0 Å². The van der Waals surface area contributed by atoms with Gasteiger partial charge in [0, 0.05) is 0 Å². The molecule has 0 aromatic heterocycles. The third kappa shape index (κ3) is 7.65. The Bertz CT molecular complexity index is 520. The van der Waals surface area contributed by atoms with Crippen LogP contribution in [0, 0.1) is 0 Å². The second-order valence-corrected chi connectivity index (χ2v) is 4.39. The SMILES string of the molecule is CNC.O=C(C=Cc1ccccc1)C=Cc1ccccc1. The molecule has 21 heavy (non-hydrogen) atoms. The standard InChI is InChI=1S/C17H14O.C2H7N/c18-17(13-11-15-7-3-1-4-8-15)14-12-16-9-5-2-6-10-16;1-3-2/h1-14H;3H,1-2H3. The molecular weight excluding hydrogens is 258 g/mol. The lowest BCUT2D eigenvalue weighted by Gasteiger charge is -1.91. The second-order valence-electron chi connectivity index (χ2n) is 4.39. The maximum Gasteiger partial charge on any atom is 0.178 e. The first kappa shape index (κ1) is 16.6. The normalized spacial score (nSPS) is 10.4. The third-order valence-electron chi connectivity index (χ3n) is 2.48. The summed E-state index contributed by atoms with van der Waals surface area (Å²) in [6.07, 6.45) is 6.79. The fourth-order valence-electron chi connectivity index (χ4n) is 1.54. The van der Waals surface area contributed by atoms with E-state index in [2.05, 4.69) is 5.32 Å². The Morgan fingerprint density at radius 3 is 1.43 bits per heavy atom. The first-order valence-electron chi connectivity index (χ1n) is 6.85. The molecule has 0 atom stereocenters. The monoisotopic (exact) mass is 279 g/mol. The molecule has 0 unspecified atom stereocenters. The van der Waals surface area contributed by atoms with E-state index >= 15 is 0 Å². The Labute approximate surface area is 126 Å². The molecule has 0 aliphatic heterocycles. The molecule has 2 heteroatoms. The van der Waals surface area contributed by atoms with Gasteiger partial charge in [0.05, 0.1) is 0 Å². The Balaban J connectivity index is 0.000000677. The summed E-state index contributed by atoms with van der Waals surface area (Å²) in [5.41, 5.74) is 2.05. The number of carbonyl (C=O) groups excluding carboxylic acids is 1. The predicted octanol–water partition coefficient (Wildman–Crippen LogP) is 3.82. The van der Waals surface area contributed by atoms with Crippen molar-refractivity contribution in [2.75, 3.05) is 14.1 Å². The summed E-state index contributed by atoms with van der Waals surface area (Å²) in [6.45, 7) is 0. The average molecular weight is 279 g/mol. The summed E-state index contributed by atoms with van der Waals surface area (Å²) in [7, 11) is 3.75. The van der Waals surface area contributed by atoms with Crippen molar-refractivity contribution in [3.8, 4) is 0 Å². The molecule has 0 radical (unpaired) electrons. The van der Waals surface area contributed by atoms with E-state index < -0.39 is 0 Å². The van der Waals surface area contributed by atoms with E-state index in [9.17, 15) is 4.79 Å². The number of allylic oxidation sites excluding steroid dienone is 2. The first-order valence-corrected chi connectivity index (χ1v) is 6.85. The lowest BCUT2D eigenvalue weighted by Crippen LogP contribution is -1.89. The van der Waals surface area contributed by atoms with Crippen molar-refractivity contribution in [1.29, 1.82) is 0 Å². The van der Waals surface area contributed by atoms with Crippen LogP contribution in [0.15, 0.2) is 72.8 Å². The van der Waals surface area contributed by atoms with Gasteiger partial charge in [-0.2, -0.15) is 0 Å². The van der Waals surface area contributed by atoms with Crippen LogP contribution in [0.2, 0.25) is 0 Å². The van der Waals surface area contributed by atoms with Gasteiger partial charge in [-0.1, -0.05) is 72.8 Å². The molecule has 0 amide bonds. The molecule has 0 fully saturated rings. The van der Waals surface area contributed by atoms with E-state index in [4.69, 9.17) is 0 Å². The van der Waals surface area contributed by atoms with E-state index in [1.165, 1.54) is 0 Å². The molecule has 2 rings (SSSR count). The molecular formula is C19H21NO. The maximum absolute atomic E-state index is 11.6. The summed E-state index contributed by atoms with van der Waals surface area (Å²) >= 11 is 0. The molecule has 2 nitrogen and oxygen atoms in total. The largest absolute Gasteiger partial charge is 0.323 e. The zero-order valence-corrected chi connectivity index (χ0v) is 12.5. The molecule has 108 valence electrons. The fourth-order valence-corrected chi connectivity index (χ4v) is 1.54. The quantitative estimate of drug-likeness (QED) is 0.862. The zero-order chi connectivity index (χ0) is 15.3. The minimum atomic E-state index is -0.0114. The molecule has 0 spiro atoms. The van der Waals surface area contributed by atoms with E-state index in [0.29, 0.717) is 0 Å². The lowest BCUT2D eigenvalue weighted by molar-refractivity contribution is -0.110. The van der Waals surface area contributed by atoms with Gasteiger partial charge in [0.25, 0.3) is 0 Å². The van der Waals surface area contributed by atoms with Gasteiger partial charge in [-0.15, -0.1) is 0 Å². The molecule has 0 bridgehead atoms. The number of nitrogens with one attached hydrogen (secondary N) is 1. The Kier molecular flexibility index (Phi) is 8.18. The van der Waals surface area contributed by atoms with Crippen molar-refractivity contribution in [3.63, 3.8) is 0 Å². The van der Waals surface area contributed by atoms with Crippen LogP contribution in [0.3, 0.4) is 0 Å². The van der Waals surface area contributed by atoms with Gasteiger partial charge in [0.1, 0.15) is 0 Å². The van der Waals surface area contributed by atoms with Crippen LogP contribution >= 0.6 is 0 Å². The summed E-state index contributed by atoms with van der Waals surface area (Å²) in [5.74, 6) is -0.0114. The molecule has 2 aromatic carbocycles. The molecule has 0 saturated heterocycles. The molecule has 0 saturated carbocycles. The van der Waals surface area contributed by atoms with E-state index in [1.54, 1.807) is 12.2 Å². The highest BCUT2D eigenvalue weighted by Crippen LogP contribution is 2.03. The summed E-state index contributed by atoms with van der Waals surface area (Å²) in [4.78, 5) is 11.6. The highest BCUT2D eigenvalue weighted by atomic mass is 16.1. The molecule has 0 heterocycles. The van der Waals surface area contributed by atoms with Gasteiger partial charge in [0.2, 0.25) is 0 Å². The minimum Gasteiger partial charge on any atom is -0.323 e. The van der Waals surface area contributed by atoms with Crippen LogP contribution in [-0.4, -0.2) is 19.9 Å². The van der Waals surface area contributed by atoms with Crippen molar-refractivity contribution in [2.24, 2.45) is 0 Å². The summed E-state index contributed by atoms with van der Waals surface area (Å²) in [5, 5.41) is 2.75. The average Bonchev–Trinajstić information content (AvgIpc) is 2.54. The van der Waals surface area contributed by atoms with Gasteiger partial charge in [-0.05, 0) is 37.4 Å². The Morgan fingerprint density at radius 1 is 0.762 bits per heavy atom. The van der Waals surface area contributed by atoms with Gasteiger partial charge in [-0.25, -0.2) is 0 Å². The van der Waals surface area contributed by atoms with Gasteiger partial charge >= 0.3 is 0 Å². The molecule has 1 N–H and O–H groups in total. The van der Waals surface area contributed by atoms with Crippen LogP contribution in [0.1, 0.15) is 11.1 Å². The highest BCUT2D eigenvalue weighted by molar-refractivity contribution is 6.04. The molecule has 0 aliphatic rings. The van der Waals surface area contributed by atoms with Gasteiger partial charge in [0.15, 0.2) is 5.78 Å². The first-order chi connectivity index (χ1) is 10.3. The minimum absolute atomic E-state index is 0.0114. The van der Waals surface area contributed by atoms with Crippen LogP contribution in [0.5, 0.6) is 0 Å². The number of carbonyl (C=O) groups is 1. The van der Waals surface area contributed by atoms with Gasteiger partial charge < -0.3 is 5.32 Å². The van der Waals surface area contributed by atoms with Crippen molar-refractivity contribution >= 4 is 17.9 Å². The summed E-state index contributed by atoms with van der Waals surface area (Å²) in [6, 6.07) is 19.6. The van der Waals surface area contributed by atoms with Crippen LogP contribution < -0.4 is 5.32 Å². The van der Waals surface area contributed by atoms with E-state index in [0.717, 1.165) is 11.1 Å². The van der Waals surface area contributed by atoms with Crippen LogP contribution in [-0.2, 0) is 4.79 Å². The van der Waals surface area contributed by atoms with E-state index in [1.807, 2.05) is 86.9 Å². The summed E-state index contributed by atoms with van der Waals surface area (Å²) < 4.78 is 0. The Hall–Kier alpha value is -2.45. The predicted molar refractivity (Wildman–Crippen MR) is 90.9 cm³/mol. The zero-order valence-electron chi connectivity index (χ0n) is 12.5. The van der Waals surface area contributed by atoms with Gasteiger partial charge in [-0.3, -0.25) is 4.79 Å². The Morgan fingerprint density at radius 2 is 1.10 bits per heavy atom. The van der Waals surface area contributed by atoms with E-state index in [-0.39, 0.29) is 5.78 Å². The smallest absolute Gasteiger partial charge is 0.178 e. The highest BCUT2D eigenvalue weighted by Gasteiger charge is 1.90. The number of hydrogen-bond donors (Lipinski definition) is 1. The van der Waals surface area contributed by atoms with Crippen molar-refractivity contribution in [3.05, 3.63) is 83.9 Å². The topological polar surface area (TPSA) is 29.1 Å². The fraction of sp³-hybridized carbons (Fsp3) is 0.105. The van der Waals surface area contributed by atoms with Crippen LogP contribution in [0.4, 0.5) is 0 Å². The number of rotatable bonds is 4. The third-order valence-corrected chi connectivity index (χ3v) is 2.48. The number of benzene rings is 2. The molecule has 2 aromatic rings. The second kappa shape index (κ2) is 10.4. The van der Waals surface area contributed by atoms with Crippen LogP contribution in [0.25, 0.3) is 12.2 Å².